The molecule has 0 atom stereocenters. The molecule has 2 heteroatoms. The summed E-state index contributed by atoms with van der Waals surface area (Å²) in [5, 5.41) is 0. The van der Waals surface area contributed by atoms with Crippen LogP contribution in [-0.2, 0) is 12.0 Å². The molecular weight excluding hydrogens is 234 g/mol. The third-order valence-electron chi connectivity index (χ3n) is 5.09. The molecule has 1 aromatic heterocycles. The molecule has 2 nitrogen and oxygen atoms in total. The molecule has 0 aliphatic heterocycles. The molecule has 1 saturated carbocycles. The summed E-state index contributed by atoms with van der Waals surface area (Å²) in [5.41, 5.74) is 2.64. The average Bonchev–Trinajstić information content (AvgIpc) is 2.72. The average molecular weight is 259 g/mol. The zero-order valence-electron chi connectivity index (χ0n) is 12.5. The number of nitrogens with zero attached hydrogens (tertiary/aromatic N) is 1. The van der Waals surface area contributed by atoms with Crippen molar-refractivity contribution >= 4 is 5.78 Å². The van der Waals surface area contributed by atoms with Gasteiger partial charge in [-0.25, -0.2) is 0 Å². The first-order valence-corrected chi connectivity index (χ1v) is 7.65. The first-order valence-electron chi connectivity index (χ1n) is 7.65. The molecule has 3 rings (SSSR count). The van der Waals surface area contributed by atoms with Crippen molar-refractivity contribution in [1.82, 2.24) is 4.57 Å². The van der Waals surface area contributed by atoms with Crippen LogP contribution in [-0.4, -0.2) is 10.4 Å². The maximum absolute atomic E-state index is 12.3. The highest BCUT2D eigenvalue weighted by molar-refractivity contribution is 5.98. The SMILES string of the molecule is CC1(C)CC(=O)c2ccn(C3(C)CCCCC3)c2C1. The number of aromatic nitrogens is 1. The number of hydrogen-bond donors (Lipinski definition) is 0. The predicted octanol–water partition coefficient (Wildman–Crippen LogP) is 4.32. The van der Waals surface area contributed by atoms with Crippen LogP contribution < -0.4 is 0 Å². The van der Waals surface area contributed by atoms with Gasteiger partial charge in [0.05, 0.1) is 0 Å². The molecule has 0 spiro atoms. The summed E-state index contributed by atoms with van der Waals surface area (Å²) < 4.78 is 2.44. The maximum Gasteiger partial charge on any atom is 0.165 e. The van der Waals surface area contributed by atoms with Crippen LogP contribution in [0.25, 0.3) is 0 Å². The van der Waals surface area contributed by atoms with E-state index >= 15 is 0 Å². The van der Waals surface area contributed by atoms with E-state index in [9.17, 15) is 4.79 Å². The van der Waals surface area contributed by atoms with Gasteiger partial charge in [0.1, 0.15) is 0 Å². The van der Waals surface area contributed by atoms with Crippen LogP contribution in [0.5, 0.6) is 0 Å². The van der Waals surface area contributed by atoms with E-state index in [1.807, 2.05) is 0 Å². The van der Waals surface area contributed by atoms with Crippen molar-refractivity contribution in [3.8, 4) is 0 Å². The van der Waals surface area contributed by atoms with Crippen LogP contribution in [0.4, 0.5) is 0 Å². The fraction of sp³-hybridized carbons (Fsp3) is 0.706. The number of ketones is 1. The lowest BCUT2D eigenvalue weighted by Gasteiger charge is -2.39. The van der Waals surface area contributed by atoms with Crippen molar-refractivity contribution < 1.29 is 4.79 Å². The molecule has 1 heterocycles. The molecule has 0 bridgehead atoms. The van der Waals surface area contributed by atoms with Gasteiger partial charge in [-0.3, -0.25) is 4.79 Å². The first kappa shape index (κ1) is 13.0. The highest BCUT2D eigenvalue weighted by atomic mass is 16.1. The van der Waals surface area contributed by atoms with Crippen molar-refractivity contribution in [3.05, 3.63) is 23.5 Å². The van der Waals surface area contributed by atoms with E-state index in [2.05, 4.69) is 37.6 Å². The Morgan fingerprint density at radius 2 is 1.74 bits per heavy atom. The van der Waals surface area contributed by atoms with Crippen LogP contribution in [0.1, 0.15) is 75.3 Å². The summed E-state index contributed by atoms with van der Waals surface area (Å²) in [7, 11) is 0. The quantitative estimate of drug-likeness (QED) is 0.736. The maximum atomic E-state index is 12.3. The summed E-state index contributed by atoms with van der Waals surface area (Å²) in [4.78, 5) is 12.3. The van der Waals surface area contributed by atoms with Crippen molar-refractivity contribution in [2.24, 2.45) is 5.41 Å². The van der Waals surface area contributed by atoms with E-state index in [1.54, 1.807) is 0 Å². The van der Waals surface area contributed by atoms with Gasteiger partial charge in [-0.15, -0.1) is 0 Å². The molecule has 0 unspecified atom stereocenters. The molecule has 0 aromatic carbocycles. The van der Waals surface area contributed by atoms with Gasteiger partial charge in [0.2, 0.25) is 0 Å². The number of hydrogen-bond acceptors (Lipinski definition) is 1. The van der Waals surface area contributed by atoms with E-state index in [0.29, 0.717) is 12.2 Å². The Kier molecular flexibility index (Phi) is 2.88. The topological polar surface area (TPSA) is 22.0 Å². The summed E-state index contributed by atoms with van der Waals surface area (Å²) in [6.45, 7) is 6.81. The van der Waals surface area contributed by atoms with Crippen molar-refractivity contribution in [1.29, 1.82) is 0 Å². The van der Waals surface area contributed by atoms with Gasteiger partial charge in [0.15, 0.2) is 5.78 Å². The molecule has 19 heavy (non-hydrogen) atoms. The summed E-state index contributed by atoms with van der Waals surface area (Å²) >= 11 is 0. The molecule has 0 radical (unpaired) electrons. The van der Waals surface area contributed by atoms with Gasteiger partial charge in [0.25, 0.3) is 0 Å². The van der Waals surface area contributed by atoms with Crippen LogP contribution in [0.3, 0.4) is 0 Å². The van der Waals surface area contributed by atoms with Gasteiger partial charge < -0.3 is 4.57 Å². The lowest BCUT2D eigenvalue weighted by atomic mass is 9.75. The third kappa shape index (κ3) is 2.15. The number of carbonyl (C=O) groups excluding carboxylic acids is 1. The Morgan fingerprint density at radius 1 is 1.05 bits per heavy atom. The molecular formula is C17H25NO. The van der Waals surface area contributed by atoms with E-state index in [0.717, 1.165) is 12.0 Å². The monoisotopic (exact) mass is 259 g/mol. The van der Waals surface area contributed by atoms with Crippen molar-refractivity contribution in [2.75, 3.05) is 0 Å². The molecule has 0 N–H and O–H groups in total. The second kappa shape index (κ2) is 4.22. The second-order valence-electron chi connectivity index (χ2n) is 7.54. The molecule has 1 fully saturated rings. The van der Waals surface area contributed by atoms with Crippen LogP contribution in [0.15, 0.2) is 12.3 Å². The molecule has 1 aromatic rings. The predicted molar refractivity (Wildman–Crippen MR) is 77.6 cm³/mol. The minimum absolute atomic E-state index is 0.116. The lowest BCUT2D eigenvalue weighted by Crippen LogP contribution is -2.36. The fourth-order valence-corrected chi connectivity index (χ4v) is 4.01. The van der Waals surface area contributed by atoms with Gasteiger partial charge in [-0.05, 0) is 37.7 Å². The minimum Gasteiger partial charge on any atom is -0.345 e. The molecule has 104 valence electrons. The molecule has 0 saturated heterocycles. The molecule has 0 amide bonds. The van der Waals surface area contributed by atoms with Crippen LogP contribution >= 0.6 is 0 Å². The number of carbonyl (C=O) groups is 1. The normalized spacial score (nSPS) is 25.1. The van der Waals surface area contributed by atoms with Gasteiger partial charge in [-0.2, -0.15) is 0 Å². The van der Waals surface area contributed by atoms with Gasteiger partial charge in [-0.1, -0.05) is 33.1 Å². The standard InChI is InChI=1S/C17H25NO/c1-16(2)11-14-13(15(19)12-16)7-10-18(14)17(3)8-5-4-6-9-17/h7,10H,4-6,8-9,11-12H2,1-3H3. The van der Waals surface area contributed by atoms with Crippen LogP contribution in [0, 0.1) is 5.41 Å². The van der Waals surface area contributed by atoms with E-state index in [4.69, 9.17) is 0 Å². The molecule has 2 aliphatic carbocycles. The Hall–Kier alpha value is -1.05. The van der Waals surface area contributed by atoms with E-state index in [1.165, 1.54) is 37.8 Å². The Bertz CT molecular complexity index is 503. The Morgan fingerprint density at radius 3 is 2.42 bits per heavy atom. The fourth-order valence-electron chi connectivity index (χ4n) is 4.01. The van der Waals surface area contributed by atoms with Crippen molar-refractivity contribution in [2.45, 2.75) is 71.3 Å². The van der Waals surface area contributed by atoms with E-state index < -0.39 is 0 Å². The summed E-state index contributed by atoms with van der Waals surface area (Å²) in [6.07, 6.45) is 10.4. The zero-order chi connectivity index (χ0) is 13.7. The highest BCUT2D eigenvalue weighted by Gasteiger charge is 2.37. The van der Waals surface area contributed by atoms with Gasteiger partial charge in [0, 0.05) is 29.4 Å². The third-order valence-corrected chi connectivity index (χ3v) is 5.09. The van der Waals surface area contributed by atoms with Crippen LogP contribution in [0.2, 0.25) is 0 Å². The molecule has 2 aliphatic rings. The second-order valence-corrected chi connectivity index (χ2v) is 7.54. The number of rotatable bonds is 1. The highest BCUT2D eigenvalue weighted by Crippen LogP contribution is 2.41. The number of Topliss-reactive ketones (excluding diaryl/α,β-unsaturated/α-hetero) is 1. The minimum atomic E-state index is 0.116. The Labute approximate surface area is 116 Å². The summed E-state index contributed by atoms with van der Waals surface area (Å²) in [6, 6.07) is 2.06. The van der Waals surface area contributed by atoms with Crippen molar-refractivity contribution in [3.63, 3.8) is 0 Å². The Balaban J connectivity index is 2.03. The zero-order valence-corrected chi connectivity index (χ0v) is 12.5. The summed E-state index contributed by atoms with van der Waals surface area (Å²) in [5.74, 6) is 0.337. The van der Waals surface area contributed by atoms with E-state index in [-0.39, 0.29) is 11.0 Å². The first-order chi connectivity index (χ1) is 8.91. The van der Waals surface area contributed by atoms with Gasteiger partial charge >= 0.3 is 0 Å². The lowest BCUT2D eigenvalue weighted by molar-refractivity contribution is 0.0905. The smallest absolute Gasteiger partial charge is 0.165 e. The number of fused-ring (bicyclic) bond motifs is 1. The largest absolute Gasteiger partial charge is 0.345 e.